The first-order valence-electron chi connectivity index (χ1n) is 9.58. The first-order valence-corrected chi connectivity index (χ1v) is 9.58. The number of benzene rings is 3. The number of hydrogen-bond donors (Lipinski definition) is 1. The van der Waals surface area contributed by atoms with Crippen LogP contribution < -0.4 is 10.1 Å². The van der Waals surface area contributed by atoms with Crippen LogP contribution in [0.4, 0.5) is 0 Å². The molecular formula is C24H23NO3. The van der Waals surface area contributed by atoms with Crippen LogP contribution in [0.2, 0.25) is 0 Å². The lowest BCUT2D eigenvalue weighted by Gasteiger charge is -2.37. The van der Waals surface area contributed by atoms with E-state index in [2.05, 4.69) is 5.32 Å². The largest absolute Gasteiger partial charge is 0.457 e. The first-order chi connectivity index (χ1) is 13.8. The zero-order chi connectivity index (χ0) is 19.2. The molecule has 0 atom stereocenters. The number of esters is 1. The third-order valence-corrected chi connectivity index (χ3v) is 5.07. The van der Waals surface area contributed by atoms with Crippen LogP contribution in [0, 0.1) is 0 Å². The van der Waals surface area contributed by atoms with Crippen molar-refractivity contribution in [2.75, 3.05) is 13.1 Å². The zero-order valence-electron chi connectivity index (χ0n) is 15.6. The number of piperidine rings is 1. The Balaban J connectivity index is 1.50. The highest BCUT2D eigenvalue weighted by molar-refractivity contribution is 5.90. The number of rotatable bonds is 5. The Labute approximate surface area is 165 Å². The molecule has 1 aliphatic heterocycles. The maximum Gasteiger partial charge on any atom is 0.339 e. The van der Waals surface area contributed by atoms with Gasteiger partial charge in [0.2, 0.25) is 0 Å². The number of nitrogens with one attached hydrogen (secondary N) is 1. The summed E-state index contributed by atoms with van der Waals surface area (Å²) in [6.07, 6.45) is 1.52. The molecule has 1 heterocycles. The van der Waals surface area contributed by atoms with E-state index in [0.717, 1.165) is 37.2 Å². The summed E-state index contributed by atoms with van der Waals surface area (Å²) in [5.74, 6) is 1.13. The third kappa shape index (κ3) is 4.07. The van der Waals surface area contributed by atoms with Gasteiger partial charge in [0.15, 0.2) is 0 Å². The fourth-order valence-electron chi connectivity index (χ4n) is 3.54. The van der Waals surface area contributed by atoms with E-state index in [0.29, 0.717) is 11.3 Å². The summed E-state index contributed by atoms with van der Waals surface area (Å²) < 4.78 is 11.9. The fourth-order valence-corrected chi connectivity index (χ4v) is 3.54. The van der Waals surface area contributed by atoms with Crippen molar-refractivity contribution in [3.63, 3.8) is 0 Å². The van der Waals surface area contributed by atoms with E-state index < -0.39 is 5.60 Å². The molecule has 142 valence electrons. The van der Waals surface area contributed by atoms with Gasteiger partial charge in [0.05, 0.1) is 5.56 Å². The van der Waals surface area contributed by atoms with Gasteiger partial charge in [-0.25, -0.2) is 4.79 Å². The van der Waals surface area contributed by atoms with Crippen LogP contribution in [0.5, 0.6) is 11.5 Å². The number of carbonyl (C=O) groups excluding carboxylic acids is 1. The first kappa shape index (κ1) is 18.3. The molecular weight excluding hydrogens is 350 g/mol. The van der Waals surface area contributed by atoms with Gasteiger partial charge in [0, 0.05) is 12.8 Å². The Morgan fingerprint density at radius 2 is 1.32 bits per heavy atom. The molecule has 3 aromatic carbocycles. The van der Waals surface area contributed by atoms with Crippen LogP contribution in [0.25, 0.3) is 0 Å². The standard InChI is InChI=1S/C24H23NO3/c26-23(19-11-13-22(14-12-19)27-21-9-5-2-6-10-21)28-24(15-17-25-18-16-24)20-7-3-1-4-8-20/h1-14,25H,15-18H2. The predicted octanol–water partition coefficient (Wildman–Crippen LogP) is 4.91. The van der Waals surface area contributed by atoms with Crippen LogP contribution in [0.1, 0.15) is 28.8 Å². The van der Waals surface area contributed by atoms with Crippen LogP contribution in [0.3, 0.4) is 0 Å². The highest BCUT2D eigenvalue weighted by atomic mass is 16.6. The summed E-state index contributed by atoms with van der Waals surface area (Å²) in [6, 6.07) is 26.7. The van der Waals surface area contributed by atoms with Crippen molar-refractivity contribution >= 4 is 5.97 Å². The van der Waals surface area contributed by atoms with Gasteiger partial charge in [-0.2, -0.15) is 0 Å². The normalized spacial score (nSPS) is 15.6. The van der Waals surface area contributed by atoms with E-state index in [9.17, 15) is 4.79 Å². The number of hydrogen-bond acceptors (Lipinski definition) is 4. The molecule has 0 spiro atoms. The summed E-state index contributed by atoms with van der Waals surface area (Å²) in [6.45, 7) is 1.65. The minimum Gasteiger partial charge on any atom is -0.457 e. The monoisotopic (exact) mass is 373 g/mol. The highest BCUT2D eigenvalue weighted by Crippen LogP contribution is 2.35. The molecule has 0 unspecified atom stereocenters. The van der Waals surface area contributed by atoms with Gasteiger partial charge in [-0.1, -0.05) is 48.5 Å². The predicted molar refractivity (Wildman–Crippen MR) is 109 cm³/mol. The average molecular weight is 373 g/mol. The summed E-state index contributed by atoms with van der Waals surface area (Å²) >= 11 is 0. The minimum atomic E-state index is -0.581. The van der Waals surface area contributed by atoms with Gasteiger partial charge in [0.1, 0.15) is 17.1 Å². The van der Waals surface area contributed by atoms with Crippen LogP contribution in [-0.2, 0) is 10.3 Å². The van der Waals surface area contributed by atoms with Crippen molar-refractivity contribution in [3.8, 4) is 11.5 Å². The molecule has 4 heteroatoms. The summed E-state index contributed by atoms with van der Waals surface area (Å²) in [5, 5.41) is 3.35. The second-order valence-electron chi connectivity index (χ2n) is 6.94. The van der Waals surface area contributed by atoms with Gasteiger partial charge in [-0.15, -0.1) is 0 Å². The summed E-state index contributed by atoms with van der Waals surface area (Å²) in [4.78, 5) is 12.9. The molecule has 1 aliphatic rings. The highest BCUT2D eigenvalue weighted by Gasteiger charge is 2.38. The molecule has 0 aliphatic carbocycles. The molecule has 4 nitrogen and oxygen atoms in total. The number of para-hydroxylation sites is 1. The average Bonchev–Trinajstić information content (AvgIpc) is 2.76. The molecule has 1 N–H and O–H groups in total. The van der Waals surface area contributed by atoms with Crippen LogP contribution in [-0.4, -0.2) is 19.1 Å². The molecule has 1 fully saturated rings. The van der Waals surface area contributed by atoms with E-state index >= 15 is 0 Å². The van der Waals surface area contributed by atoms with E-state index in [1.807, 2.05) is 60.7 Å². The Hall–Kier alpha value is -3.11. The number of carbonyl (C=O) groups is 1. The molecule has 0 aromatic heterocycles. The number of ether oxygens (including phenoxy) is 2. The SMILES string of the molecule is O=C(OC1(c2ccccc2)CCNCC1)c1ccc(Oc2ccccc2)cc1. The molecule has 1 saturated heterocycles. The van der Waals surface area contributed by atoms with Gasteiger partial charge in [0.25, 0.3) is 0 Å². The van der Waals surface area contributed by atoms with Gasteiger partial charge in [-0.05, 0) is 55.1 Å². The second kappa shape index (κ2) is 8.28. The van der Waals surface area contributed by atoms with Crippen molar-refractivity contribution in [1.29, 1.82) is 0 Å². The lowest BCUT2D eigenvalue weighted by Crippen LogP contribution is -2.43. The van der Waals surface area contributed by atoms with Gasteiger partial charge < -0.3 is 14.8 Å². The van der Waals surface area contributed by atoms with Crippen molar-refractivity contribution < 1.29 is 14.3 Å². The lowest BCUT2D eigenvalue weighted by molar-refractivity contribution is -0.0378. The van der Waals surface area contributed by atoms with E-state index in [1.165, 1.54) is 0 Å². The molecule has 4 rings (SSSR count). The topological polar surface area (TPSA) is 47.6 Å². The van der Waals surface area contributed by atoms with Crippen LogP contribution in [0.15, 0.2) is 84.9 Å². The molecule has 0 bridgehead atoms. The molecule has 3 aromatic rings. The second-order valence-corrected chi connectivity index (χ2v) is 6.94. The van der Waals surface area contributed by atoms with Gasteiger partial charge in [-0.3, -0.25) is 0 Å². The molecule has 0 radical (unpaired) electrons. The third-order valence-electron chi connectivity index (χ3n) is 5.07. The molecule has 0 saturated carbocycles. The van der Waals surface area contributed by atoms with E-state index in [-0.39, 0.29) is 5.97 Å². The lowest BCUT2D eigenvalue weighted by atomic mass is 9.84. The van der Waals surface area contributed by atoms with E-state index in [4.69, 9.17) is 9.47 Å². The maximum absolute atomic E-state index is 12.9. The minimum absolute atomic E-state index is 0.308. The van der Waals surface area contributed by atoms with Crippen molar-refractivity contribution in [2.45, 2.75) is 18.4 Å². The Kier molecular flexibility index (Phi) is 5.40. The summed E-state index contributed by atoms with van der Waals surface area (Å²) in [7, 11) is 0. The quantitative estimate of drug-likeness (QED) is 0.645. The molecule has 28 heavy (non-hydrogen) atoms. The fraction of sp³-hybridized carbons (Fsp3) is 0.208. The van der Waals surface area contributed by atoms with E-state index in [1.54, 1.807) is 24.3 Å². The summed E-state index contributed by atoms with van der Waals surface area (Å²) in [5.41, 5.74) is 0.992. The maximum atomic E-state index is 12.9. The van der Waals surface area contributed by atoms with Crippen LogP contribution >= 0.6 is 0 Å². The Morgan fingerprint density at radius 3 is 1.96 bits per heavy atom. The van der Waals surface area contributed by atoms with Gasteiger partial charge >= 0.3 is 5.97 Å². The molecule has 0 amide bonds. The van der Waals surface area contributed by atoms with Crippen molar-refractivity contribution in [1.82, 2.24) is 5.32 Å². The van der Waals surface area contributed by atoms with Crippen molar-refractivity contribution in [3.05, 3.63) is 96.1 Å². The Morgan fingerprint density at radius 1 is 0.750 bits per heavy atom. The zero-order valence-corrected chi connectivity index (χ0v) is 15.6. The smallest absolute Gasteiger partial charge is 0.339 e. The van der Waals surface area contributed by atoms with Crippen molar-refractivity contribution in [2.24, 2.45) is 0 Å². The Bertz CT molecular complexity index is 902.